The van der Waals surface area contributed by atoms with Gasteiger partial charge in [-0.2, -0.15) is 0 Å². The van der Waals surface area contributed by atoms with Crippen LogP contribution in [0, 0.1) is 0 Å². The quantitative estimate of drug-likeness (QED) is 0.508. The third-order valence-electron chi connectivity index (χ3n) is 2.91. The summed E-state index contributed by atoms with van der Waals surface area (Å²) in [5.74, 6) is -0.340. The normalized spacial score (nSPS) is 12.6. The van der Waals surface area contributed by atoms with Crippen molar-refractivity contribution in [2.45, 2.75) is 3.79 Å². The zero-order chi connectivity index (χ0) is 16.0. The third kappa shape index (κ3) is 5.03. The van der Waals surface area contributed by atoms with E-state index in [1.54, 1.807) is 12.2 Å². The van der Waals surface area contributed by atoms with Gasteiger partial charge in [-0.3, -0.25) is 4.79 Å². The van der Waals surface area contributed by atoms with E-state index in [1.807, 2.05) is 60.7 Å². The molecule has 2 rings (SSSR count). The zero-order valence-corrected chi connectivity index (χ0v) is 13.8. The van der Waals surface area contributed by atoms with Crippen molar-refractivity contribution in [1.82, 2.24) is 0 Å². The van der Waals surface area contributed by atoms with Crippen molar-refractivity contribution in [1.29, 1.82) is 0 Å². The molecule has 0 saturated carbocycles. The molecule has 0 bridgehead atoms. The Balaban J connectivity index is 2.29. The average molecular weight is 352 g/mol. The van der Waals surface area contributed by atoms with Crippen LogP contribution in [-0.2, 0) is 4.79 Å². The molecule has 112 valence electrons. The molecule has 4 heteroatoms. The molecule has 0 amide bonds. The van der Waals surface area contributed by atoms with E-state index in [0.29, 0.717) is 0 Å². The molecule has 2 aromatic carbocycles. The van der Waals surface area contributed by atoms with E-state index < -0.39 is 3.79 Å². The lowest BCUT2D eigenvalue weighted by atomic mass is 10.1. The first-order chi connectivity index (χ1) is 10.5. The summed E-state index contributed by atoms with van der Waals surface area (Å²) in [5.41, 5.74) is 1.81. The highest BCUT2D eigenvalue weighted by molar-refractivity contribution is 6.71. The highest BCUT2D eigenvalue weighted by atomic mass is 35.6. The Kier molecular flexibility index (Phi) is 5.84. The van der Waals surface area contributed by atoms with Crippen molar-refractivity contribution in [3.05, 3.63) is 83.4 Å². The van der Waals surface area contributed by atoms with Gasteiger partial charge in [0.15, 0.2) is 5.78 Å². The number of alkyl halides is 3. The smallest absolute Gasteiger partial charge is 0.219 e. The molecule has 0 atom stereocenters. The van der Waals surface area contributed by atoms with Gasteiger partial charge in [0, 0.05) is 0 Å². The van der Waals surface area contributed by atoms with E-state index in [0.717, 1.165) is 11.1 Å². The largest absolute Gasteiger partial charge is 0.289 e. The summed E-state index contributed by atoms with van der Waals surface area (Å²) in [6.45, 7) is 0. The van der Waals surface area contributed by atoms with E-state index in [-0.39, 0.29) is 11.4 Å². The summed E-state index contributed by atoms with van der Waals surface area (Å²) in [6, 6.07) is 18.7. The molecule has 0 spiro atoms. The van der Waals surface area contributed by atoms with Gasteiger partial charge in [0.2, 0.25) is 3.79 Å². The van der Waals surface area contributed by atoms with E-state index >= 15 is 0 Å². The fourth-order valence-electron chi connectivity index (χ4n) is 1.83. The summed E-state index contributed by atoms with van der Waals surface area (Å²) in [4.78, 5) is 12.4. The SMILES string of the molecule is O=C(C=Cc1ccccc1)C(=Cc1ccccc1)C(Cl)(Cl)Cl. The number of carbonyl (C=O) groups excluding carboxylic acids is 1. The van der Waals surface area contributed by atoms with Crippen LogP contribution in [0.5, 0.6) is 0 Å². The van der Waals surface area contributed by atoms with E-state index in [9.17, 15) is 4.79 Å². The second kappa shape index (κ2) is 7.64. The minimum Gasteiger partial charge on any atom is -0.289 e. The summed E-state index contributed by atoms with van der Waals surface area (Å²) >= 11 is 17.8. The van der Waals surface area contributed by atoms with Gasteiger partial charge in [-0.1, -0.05) is 102 Å². The van der Waals surface area contributed by atoms with Crippen LogP contribution < -0.4 is 0 Å². The van der Waals surface area contributed by atoms with Gasteiger partial charge in [0.1, 0.15) is 0 Å². The number of hydrogen-bond donors (Lipinski definition) is 0. The molecule has 0 N–H and O–H groups in total. The Morgan fingerprint density at radius 3 is 1.82 bits per heavy atom. The number of rotatable bonds is 4. The maximum absolute atomic E-state index is 12.4. The molecule has 0 fully saturated rings. The van der Waals surface area contributed by atoms with Crippen molar-refractivity contribution in [3.8, 4) is 0 Å². The van der Waals surface area contributed by atoms with E-state index in [4.69, 9.17) is 34.8 Å². The van der Waals surface area contributed by atoms with Crippen molar-refractivity contribution in [2.24, 2.45) is 0 Å². The summed E-state index contributed by atoms with van der Waals surface area (Å²) < 4.78 is -1.78. The van der Waals surface area contributed by atoms with Crippen LogP contribution in [0.25, 0.3) is 12.2 Å². The molecular formula is C18H13Cl3O. The zero-order valence-electron chi connectivity index (χ0n) is 11.5. The van der Waals surface area contributed by atoms with Gasteiger partial charge >= 0.3 is 0 Å². The highest BCUT2D eigenvalue weighted by Crippen LogP contribution is 2.36. The van der Waals surface area contributed by atoms with Crippen molar-refractivity contribution < 1.29 is 4.79 Å². The Hall–Kier alpha value is -1.54. The van der Waals surface area contributed by atoms with Crippen molar-refractivity contribution in [3.63, 3.8) is 0 Å². The van der Waals surface area contributed by atoms with Gasteiger partial charge in [-0.25, -0.2) is 0 Å². The van der Waals surface area contributed by atoms with Crippen LogP contribution in [0.3, 0.4) is 0 Å². The number of ketones is 1. The van der Waals surface area contributed by atoms with Crippen LogP contribution in [-0.4, -0.2) is 9.58 Å². The first kappa shape index (κ1) is 16.8. The minimum absolute atomic E-state index is 0.107. The number of halogens is 3. The van der Waals surface area contributed by atoms with Gasteiger partial charge in [0.05, 0.1) is 5.57 Å². The Labute approximate surface area is 144 Å². The topological polar surface area (TPSA) is 17.1 Å². The number of allylic oxidation sites excluding steroid dienone is 2. The monoisotopic (exact) mass is 350 g/mol. The lowest BCUT2D eigenvalue weighted by Gasteiger charge is -2.13. The predicted octanol–water partition coefficient (Wildman–Crippen LogP) is 5.72. The maximum Gasteiger partial charge on any atom is 0.219 e. The molecule has 0 aliphatic rings. The first-order valence-corrected chi connectivity index (χ1v) is 7.71. The summed E-state index contributed by atoms with van der Waals surface area (Å²) in [6.07, 6.45) is 4.69. The van der Waals surface area contributed by atoms with Gasteiger partial charge in [-0.05, 0) is 23.3 Å². The van der Waals surface area contributed by atoms with E-state index in [2.05, 4.69) is 0 Å². The van der Waals surface area contributed by atoms with Crippen LogP contribution in [0.2, 0.25) is 0 Å². The number of hydrogen-bond acceptors (Lipinski definition) is 1. The molecule has 0 heterocycles. The standard InChI is InChI=1S/C18H13Cl3O/c19-18(20,21)16(13-15-9-5-2-6-10-15)17(22)12-11-14-7-3-1-4-8-14/h1-13H. The van der Waals surface area contributed by atoms with Gasteiger partial charge < -0.3 is 0 Å². The second-order valence-corrected chi connectivity index (χ2v) is 6.86. The molecule has 0 saturated heterocycles. The van der Waals surface area contributed by atoms with Crippen LogP contribution in [0.1, 0.15) is 11.1 Å². The minimum atomic E-state index is -1.78. The van der Waals surface area contributed by atoms with Crippen LogP contribution in [0.4, 0.5) is 0 Å². The molecule has 0 radical (unpaired) electrons. The predicted molar refractivity (Wildman–Crippen MR) is 95.2 cm³/mol. The lowest BCUT2D eigenvalue weighted by molar-refractivity contribution is -0.111. The molecule has 0 aromatic heterocycles. The van der Waals surface area contributed by atoms with Crippen LogP contribution >= 0.6 is 34.8 Å². The molecule has 1 nitrogen and oxygen atoms in total. The first-order valence-electron chi connectivity index (χ1n) is 6.58. The van der Waals surface area contributed by atoms with Gasteiger partial charge in [0.25, 0.3) is 0 Å². The number of benzene rings is 2. The molecule has 0 unspecified atom stereocenters. The van der Waals surface area contributed by atoms with Crippen LogP contribution in [0.15, 0.2) is 72.3 Å². The number of carbonyl (C=O) groups is 1. The average Bonchev–Trinajstić information content (AvgIpc) is 2.51. The molecular weight excluding hydrogens is 339 g/mol. The Morgan fingerprint density at radius 2 is 1.32 bits per heavy atom. The highest BCUT2D eigenvalue weighted by Gasteiger charge is 2.30. The molecule has 2 aromatic rings. The van der Waals surface area contributed by atoms with E-state index in [1.165, 1.54) is 6.08 Å². The fourth-order valence-corrected chi connectivity index (χ4v) is 2.28. The lowest BCUT2D eigenvalue weighted by Crippen LogP contribution is -2.15. The Morgan fingerprint density at radius 1 is 0.818 bits per heavy atom. The molecule has 0 aliphatic heterocycles. The third-order valence-corrected chi connectivity index (χ3v) is 3.52. The summed E-state index contributed by atoms with van der Waals surface area (Å²) in [5, 5.41) is 0. The molecule has 22 heavy (non-hydrogen) atoms. The maximum atomic E-state index is 12.4. The van der Waals surface area contributed by atoms with Gasteiger partial charge in [-0.15, -0.1) is 0 Å². The summed E-state index contributed by atoms with van der Waals surface area (Å²) in [7, 11) is 0. The van der Waals surface area contributed by atoms with Crippen molar-refractivity contribution >= 4 is 52.7 Å². The molecule has 0 aliphatic carbocycles. The van der Waals surface area contributed by atoms with Crippen molar-refractivity contribution in [2.75, 3.05) is 0 Å². The Bertz CT molecular complexity index is 683. The fraction of sp³-hybridized carbons (Fsp3) is 0.0556. The second-order valence-electron chi connectivity index (χ2n) is 4.57.